The Balaban J connectivity index is 1.86. The molecule has 1 atom stereocenters. The molecular weight excluding hydrogens is 428 g/mol. The Morgan fingerprint density at radius 1 is 1.12 bits per heavy atom. The summed E-state index contributed by atoms with van der Waals surface area (Å²) in [6, 6.07) is 13.3. The van der Waals surface area contributed by atoms with E-state index in [1.165, 1.54) is 31.0 Å². The molecular formula is C28H38N2O4. The van der Waals surface area contributed by atoms with E-state index in [1.54, 1.807) is 12.1 Å². The quantitative estimate of drug-likeness (QED) is 0.491. The third-order valence-corrected chi connectivity index (χ3v) is 6.37. The maximum absolute atomic E-state index is 13.3. The van der Waals surface area contributed by atoms with Crippen LogP contribution in [0, 0.1) is 5.92 Å². The van der Waals surface area contributed by atoms with Gasteiger partial charge in [0.2, 0.25) is 5.91 Å². The highest BCUT2D eigenvalue weighted by atomic mass is 16.5. The van der Waals surface area contributed by atoms with E-state index in [0.717, 1.165) is 30.6 Å². The summed E-state index contributed by atoms with van der Waals surface area (Å²) in [4.78, 5) is 27.2. The predicted molar refractivity (Wildman–Crippen MR) is 136 cm³/mol. The van der Waals surface area contributed by atoms with Crippen LogP contribution in [0.15, 0.2) is 42.5 Å². The minimum atomic E-state index is -1.04. The fourth-order valence-corrected chi connectivity index (χ4v) is 5.06. The van der Waals surface area contributed by atoms with Gasteiger partial charge in [-0.1, -0.05) is 38.1 Å². The van der Waals surface area contributed by atoms with Gasteiger partial charge < -0.3 is 20.1 Å². The second-order valence-corrected chi connectivity index (χ2v) is 9.79. The van der Waals surface area contributed by atoms with Crippen molar-refractivity contribution in [3.63, 3.8) is 0 Å². The van der Waals surface area contributed by atoms with Gasteiger partial charge in [-0.25, -0.2) is 4.79 Å². The van der Waals surface area contributed by atoms with Crippen molar-refractivity contribution in [2.24, 2.45) is 5.92 Å². The first-order valence-corrected chi connectivity index (χ1v) is 12.4. The molecule has 2 N–H and O–H groups in total. The summed E-state index contributed by atoms with van der Waals surface area (Å²) in [5, 5.41) is 12.7. The lowest BCUT2D eigenvalue weighted by molar-refractivity contribution is -0.122. The summed E-state index contributed by atoms with van der Waals surface area (Å²) in [7, 11) is 0. The Kier molecular flexibility index (Phi) is 8.59. The molecule has 6 heteroatoms. The van der Waals surface area contributed by atoms with Gasteiger partial charge in [-0.05, 0) is 69.2 Å². The first-order chi connectivity index (χ1) is 16.2. The van der Waals surface area contributed by atoms with Crippen molar-refractivity contribution in [2.75, 3.05) is 24.6 Å². The number of carboxylic acid groups (broad SMARTS) is 1. The Morgan fingerprint density at radius 3 is 2.47 bits per heavy atom. The van der Waals surface area contributed by atoms with Crippen LogP contribution in [0.4, 0.5) is 5.69 Å². The summed E-state index contributed by atoms with van der Waals surface area (Å²) >= 11 is 0. The van der Waals surface area contributed by atoms with Crippen molar-refractivity contribution in [2.45, 2.75) is 65.3 Å². The number of hydrogen-bond donors (Lipinski definition) is 2. The van der Waals surface area contributed by atoms with E-state index in [0.29, 0.717) is 18.3 Å². The largest absolute Gasteiger partial charge is 0.493 e. The van der Waals surface area contributed by atoms with Crippen molar-refractivity contribution < 1.29 is 19.4 Å². The van der Waals surface area contributed by atoms with Gasteiger partial charge in [0.1, 0.15) is 11.3 Å². The van der Waals surface area contributed by atoms with Crippen LogP contribution in [0.5, 0.6) is 5.75 Å². The predicted octanol–water partition coefficient (Wildman–Crippen LogP) is 5.39. The molecule has 1 unspecified atom stereocenters. The molecule has 1 aliphatic rings. The molecule has 184 valence electrons. The summed E-state index contributed by atoms with van der Waals surface area (Å²) in [6.45, 7) is 10.7. The molecule has 1 heterocycles. The molecule has 1 amide bonds. The molecule has 1 saturated heterocycles. The van der Waals surface area contributed by atoms with Crippen molar-refractivity contribution >= 4 is 17.6 Å². The number of hydrogen-bond acceptors (Lipinski definition) is 4. The Labute approximate surface area is 203 Å². The van der Waals surface area contributed by atoms with Crippen molar-refractivity contribution in [3.05, 3.63) is 59.2 Å². The number of carbonyl (C=O) groups is 2. The fourth-order valence-electron chi connectivity index (χ4n) is 5.06. The lowest BCUT2D eigenvalue weighted by Gasteiger charge is -2.39. The van der Waals surface area contributed by atoms with Crippen LogP contribution in [0.2, 0.25) is 0 Å². The number of anilines is 1. The third-order valence-electron chi connectivity index (χ3n) is 6.37. The molecule has 0 aromatic heterocycles. The number of aromatic carboxylic acids is 1. The number of para-hydroxylation sites is 1. The molecule has 3 rings (SSSR count). The van der Waals surface area contributed by atoms with E-state index >= 15 is 0 Å². The summed E-state index contributed by atoms with van der Waals surface area (Å²) in [5.41, 5.74) is 2.65. The SMILES string of the molecule is CCOc1cc(CC(=O)NC(C)(CC(C)C)c2ccccc2N2CCCCC2)ccc1C(=O)O. The maximum atomic E-state index is 13.3. The van der Waals surface area contributed by atoms with E-state index in [4.69, 9.17) is 4.74 Å². The number of carbonyl (C=O) groups excluding carboxylic acids is 1. The number of nitrogens with one attached hydrogen (secondary N) is 1. The second-order valence-electron chi connectivity index (χ2n) is 9.79. The smallest absolute Gasteiger partial charge is 0.339 e. The van der Waals surface area contributed by atoms with Crippen LogP contribution in [-0.4, -0.2) is 36.7 Å². The zero-order valence-electron chi connectivity index (χ0n) is 20.9. The number of benzene rings is 2. The minimum absolute atomic E-state index is 0.0953. The van der Waals surface area contributed by atoms with Crippen LogP contribution in [0.1, 0.15) is 74.9 Å². The molecule has 2 aromatic carbocycles. The van der Waals surface area contributed by atoms with Gasteiger partial charge in [0.05, 0.1) is 18.6 Å². The van der Waals surface area contributed by atoms with Gasteiger partial charge in [0.25, 0.3) is 0 Å². The Morgan fingerprint density at radius 2 is 1.82 bits per heavy atom. The minimum Gasteiger partial charge on any atom is -0.493 e. The molecule has 6 nitrogen and oxygen atoms in total. The monoisotopic (exact) mass is 466 g/mol. The van der Waals surface area contributed by atoms with Crippen LogP contribution in [-0.2, 0) is 16.8 Å². The number of rotatable bonds is 10. The molecule has 0 aliphatic carbocycles. The molecule has 0 radical (unpaired) electrons. The van der Waals surface area contributed by atoms with E-state index < -0.39 is 11.5 Å². The van der Waals surface area contributed by atoms with Crippen LogP contribution in [0.3, 0.4) is 0 Å². The highest BCUT2D eigenvalue weighted by Crippen LogP contribution is 2.36. The first-order valence-electron chi connectivity index (χ1n) is 12.4. The van der Waals surface area contributed by atoms with Crippen molar-refractivity contribution in [1.82, 2.24) is 5.32 Å². The van der Waals surface area contributed by atoms with E-state index in [-0.39, 0.29) is 17.9 Å². The molecule has 0 bridgehead atoms. The van der Waals surface area contributed by atoms with Crippen LogP contribution >= 0.6 is 0 Å². The molecule has 0 saturated carbocycles. The standard InChI is InChI=1S/C28H38N2O4/c1-5-34-25-17-21(13-14-22(25)27(32)33)18-26(31)29-28(4,19-20(2)3)23-11-7-8-12-24(23)30-15-9-6-10-16-30/h7-8,11-14,17,20H,5-6,9-10,15-16,18-19H2,1-4H3,(H,29,31)(H,32,33). The number of amides is 1. The lowest BCUT2D eigenvalue weighted by Crippen LogP contribution is -2.46. The number of carboxylic acids is 1. The number of piperidine rings is 1. The van der Waals surface area contributed by atoms with Gasteiger partial charge in [-0.2, -0.15) is 0 Å². The number of ether oxygens (including phenoxy) is 1. The van der Waals surface area contributed by atoms with E-state index in [9.17, 15) is 14.7 Å². The van der Waals surface area contributed by atoms with Gasteiger partial charge in [-0.15, -0.1) is 0 Å². The Bertz CT molecular complexity index is 998. The second kappa shape index (κ2) is 11.4. The Hall–Kier alpha value is -3.02. The van der Waals surface area contributed by atoms with Crippen molar-refractivity contribution in [1.29, 1.82) is 0 Å². The highest BCUT2D eigenvalue weighted by Gasteiger charge is 2.33. The highest BCUT2D eigenvalue weighted by molar-refractivity contribution is 5.91. The molecule has 0 spiro atoms. The molecule has 2 aromatic rings. The maximum Gasteiger partial charge on any atom is 0.339 e. The molecule has 1 fully saturated rings. The summed E-state index contributed by atoms with van der Waals surface area (Å²) in [5.74, 6) is -0.458. The molecule has 34 heavy (non-hydrogen) atoms. The van der Waals surface area contributed by atoms with Crippen LogP contribution in [0.25, 0.3) is 0 Å². The van der Waals surface area contributed by atoms with E-state index in [1.807, 2.05) is 13.0 Å². The first kappa shape index (κ1) is 25.6. The zero-order valence-corrected chi connectivity index (χ0v) is 20.9. The normalized spacial score (nSPS) is 15.6. The van der Waals surface area contributed by atoms with Gasteiger partial charge in [-0.3, -0.25) is 4.79 Å². The lowest BCUT2D eigenvalue weighted by atomic mass is 9.82. The zero-order chi connectivity index (χ0) is 24.7. The van der Waals surface area contributed by atoms with Gasteiger partial charge >= 0.3 is 5.97 Å². The van der Waals surface area contributed by atoms with Gasteiger partial charge in [0, 0.05) is 24.3 Å². The third kappa shape index (κ3) is 6.31. The van der Waals surface area contributed by atoms with Crippen molar-refractivity contribution in [3.8, 4) is 5.75 Å². The number of nitrogens with zero attached hydrogens (tertiary/aromatic N) is 1. The van der Waals surface area contributed by atoms with Crippen LogP contribution < -0.4 is 15.0 Å². The topological polar surface area (TPSA) is 78.9 Å². The molecule has 1 aliphatic heterocycles. The van der Waals surface area contributed by atoms with Gasteiger partial charge in [0.15, 0.2) is 0 Å². The summed E-state index contributed by atoms with van der Waals surface area (Å²) in [6.07, 6.45) is 4.61. The average molecular weight is 467 g/mol. The summed E-state index contributed by atoms with van der Waals surface area (Å²) < 4.78 is 5.51. The fraction of sp³-hybridized carbons (Fsp3) is 0.500. The van der Waals surface area contributed by atoms with E-state index in [2.05, 4.69) is 49.2 Å². The average Bonchev–Trinajstić information content (AvgIpc) is 2.79.